The van der Waals surface area contributed by atoms with Crippen molar-refractivity contribution in [3.63, 3.8) is 0 Å². The molecular weight excluding hydrogens is 617 g/mol. The second-order valence-corrected chi connectivity index (χ2v) is 23.5. The highest BCUT2D eigenvalue weighted by atomic mass is 32.2. The van der Waals surface area contributed by atoms with Crippen LogP contribution < -0.4 is 0 Å². The normalized spacial score (nSPS) is 31.6. The van der Waals surface area contributed by atoms with E-state index < -0.39 is 18.2 Å². The van der Waals surface area contributed by atoms with Gasteiger partial charge >= 0.3 is 0 Å². The van der Waals surface area contributed by atoms with E-state index in [1.807, 2.05) is 0 Å². The largest absolute Gasteiger partial charge is 0.413 e. The fourth-order valence-corrected chi connectivity index (χ4v) is 11.6. The molecule has 0 N–H and O–H groups in total. The first kappa shape index (κ1) is 38.0. The summed E-state index contributed by atoms with van der Waals surface area (Å²) in [5, 5.41) is 1.54. The molecule has 264 valence electrons. The van der Waals surface area contributed by atoms with Gasteiger partial charge in [0.1, 0.15) is 13.6 Å². The number of fused-ring (bicyclic) bond motifs is 2. The number of rotatable bonds is 14. The summed E-state index contributed by atoms with van der Waals surface area (Å²) in [7, 11) is -2.38. The Labute approximate surface area is 281 Å². The number of sulfone groups is 1. The lowest BCUT2D eigenvalue weighted by Crippen LogP contribution is -2.46. The SMILES string of the molecule is COCO[C@H]1C[C@H](O[Si](C)(C)C(C)(C)C)CC2=C(/C=C3\CCC[C@]4(C)[C@@H]([C@H](C)CCCC(C)(C)OCOC)CC[C@@H]34)S(=O)(=O)C=C21. The van der Waals surface area contributed by atoms with Gasteiger partial charge in [-0.05, 0) is 117 Å². The molecule has 0 radical (unpaired) electrons. The number of hydrogen-bond acceptors (Lipinski definition) is 7. The van der Waals surface area contributed by atoms with Crippen LogP contribution in [0.2, 0.25) is 18.1 Å². The van der Waals surface area contributed by atoms with E-state index in [1.54, 1.807) is 14.2 Å². The first-order valence-electron chi connectivity index (χ1n) is 17.7. The highest BCUT2D eigenvalue weighted by Crippen LogP contribution is 2.60. The summed E-state index contributed by atoms with van der Waals surface area (Å²) in [4.78, 5) is 0.492. The molecule has 0 amide bonds. The lowest BCUT2D eigenvalue weighted by molar-refractivity contribution is -0.118. The number of ether oxygens (including phenoxy) is 4. The first-order chi connectivity index (χ1) is 21.3. The molecule has 0 aromatic heterocycles. The van der Waals surface area contributed by atoms with Crippen LogP contribution in [0.15, 0.2) is 33.1 Å². The average Bonchev–Trinajstić information content (AvgIpc) is 3.43. The zero-order valence-corrected chi connectivity index (χ0v) is 32.6. The maximum absolute atomic E-state index is 13.9. The molecule has 3 saturated carbocycles. The van der Waals surface area contributed by atoms with E-state index in [1.165, 1.54) is 30.2 Å². The Morgan fingerprint density at radius 2 is 1.78 bits per heavy atom. The summed E-state index contributed by atoms with van der Waals surface area (Å²) in [6.07, 6.45) is 11.9. The van der Waals surface area contributed by atoms with Gasteiger partial charge in [0.25, 0.3) is 0 Å². The average molecular weight is 681 g/mol. The molecular formula is C37H64O7SSi. The quantitative estimate of drug-likeness (QED) is 0.134. The van der Waals surface area contributed by atoms with Crippen molar-refractivity contribution < 1.29 is 31.8 Å². The molecule has 6 atom stereocenters. The van der Waals surface area contributed by atoms with Crippen molar-refractivity contribution in [3.8, 4) is 0 Å². The van der Waals surface area contributed by atoms with Crippen molar-refractivity contribution in [1.82, 2.24) is 0 Å². The minimum atomic E-state index is -3.58. The van der Waals surface area contributed by atoms with Gasteiger partial charge in [0.05, 0.1) is 22.7 Å². The van der Waals surface area contributed by atoms with Crippen LogP contribution in [-0.4, -0.2) is 62.3 Å². The Bertz CT molecular complexity index is 1270. The summed E-state index contributed by atoms with van der Waals surface area (Å²) in [6.45, 7) is 20.9. The molecule has 0 saturated heterocycles. The smallest absolute Gasteiger partial charge is 0.200 e. The topological polar surface area (TPSA) is 80.3 Å². The van der Waals surface area contributed by atoms with Crippen LogP contribution in [0.5, 0.6) is 0 Å². The Kier molecular flexibility index (Phi) is 12.0. The van der Waals surface area contributed by atoms with Crippen molar-refractivity contribution in [2.75, 3.05) is 27.8 Å². The summed E-state index contributed by atoms with van der Waals surface area (Å²) < 4.78 is 57.0. The summed E-state index contributed by atoms with van der Waals surface area (Å²) in [5.41, 5.74) is 3.04. The predicted octanol–water partition coefficient (Wildman–Crippen LogP) is 9.07. The Morgan fingerprint density at radius 1 is 1.09 bits per heavy atom. The minimum absolute atomic E-state index is 0.0592. The fourth-order valence-electron chi connectivity index (χ4n) is 8.64. The molecule has 0 aromatic rings. The van der Waals surface area contributed by atoms with E-state index in [0.717, 1.165) is 43.3 Å². The van der Waals surface area contributed by atoms with Crippen molar-refractivity contribution in [3.05, 3.63) is 33.1 Å². The number of hydrogen-bond donors (Lipinski definition) is 0. The molecule has 4 aliphatic rings. The van der Waals surface area contributed by atoms with Gasteiger partial charge in [-0.15, -0.1) is 0 Å². The lowest BCUT2D eigenvalue weighted by atomic mass is 9.60. The molecule has 7 nitrogen and oxygen atoms in total. The van der Waals surface area contributed by atoms with E-state index in [-0.39, 0.29) is 35.1 Å². The monoisotopic (exact) mass is 680 g/mol. The van der Waals surface area contributed by atoms with E-state index in [2.05, 4.69) is 67.6 Å². The zero-order chi connectivity index (χ0) is 34.1. The first-order valence-corrected chi connectivity index (χ1v) is 22.1. The van der Waals surface area contributed by atoms with Crippen molar-refractivity contribution >= 4 is 18.2 Å². The zero-order valence-electron chi connectivity index (χ0n) is 30.8. The third-order valence-corrected chi connectivity index (χ3v) is 18.3. The minimum Gasteiger partial charge on any atom is -0.413 e. The van der Waals surface area contributed by atoms with Gasteiger partial charge in [-0.25, -0.2) is 8.42 Å². The van der Waals surface area contributed by atoms with E-state index >= 15 is 0 Å². The van der Waals surface area contributed by atoms with Crippen molar-refractivity contribution in [2.24, 2.45) is 23.2 Å². The molecule has 4 rings (SSSR count). The second kappa shape index (κ2) is 14.6. The van der Waals surface area contributed by atoms with E-state index in [9.17, 15) is 8.42 Å². The maximum atomic E-state index is 13.9. The van der Waals surface area contributed by atoms with Gasteiger partial charge < -0.3 is 23.4 Å². The Balaban J connectivity index is 1.58. The standard InChI is InChI=1S/C37H64O7SSi/c1-26(14-12-18-36(5,6)43-25-41-9)31-16-17-32-27(15-13-19-37(31,32)7)20-34-29-21-28(44-46(10,11)35(2,3)4)22-33(42-24-40-8)30(29)23-45(34,38)39/h20,23,26,28,31-33H,12-19,21-22,24-25H2,1-11H3/b27-20+/t26-,28-,31-,32+,33+,37-/m1/s1. The third kappa shape index (κ3) is 8.31. The third-order valence-electron chi connectivity index (χ3n) is 12.2. The molecule has 0 spiro atoms. The molecule has 1 aliphatic heterocycles. The molecule has 0 bridgehead atoms. The number of allylic oxidation sites excluding steroid dienone is 2. The fraction of sp³-hybridized carbons (Fsp3) is 0.838. The summed E-state index contributed by atoms with van der Waals surface area (Å²) >= 11 is 0. The summed E-state index contributed by atoms with van der Waals surface area (Å²) in [6, 6.07) is 0. The van der Waals surface area contributed by atoms with Crippen LogP contribution in [0.1, 0.15) is 113 Å². The Hall–Kier alpha value is -0.813. The van der Waals surface area contributed by atoms with Crippen LogP contribution in [-0.2, 0) is 33.2 Å². The van der Waals surface area contributed by atoms with Crippen LogP contribution in [0.4, 0.5) is 0 Å². The van der Waals surface area contributed by atoms with Gasteiger partial charge in [-0.3, -0.25) is 0 Å². The predicted molar refractivity (Wildman–Crippen MR) is 188 cm³/mol. The molecule has 0 aromatic carbocycles. The lowest BCUT2D eigenvalue weighted by Gasteiger charge is -2.44. The van der Waals surface area contributed by atoms with Gasteiger partial charge in [0.15, 0.2) is 18.2 Å². The molecule has 1 heterocycles. The van der Waals surface area contributed by atoms with E-state index in [0.29, 0.717) is 42.3 Å². The number of methoxy groups -OCH3 is 2. The van der Waals surface area contributed by atoms with Crippen molar-refractivity contribution in [2.45, 2.75) is 149 Å². The van der Waals surface area contributed by atoms with Gasteiger partial charge in [-0.1, -0.05) is 53.0 Å². The van der Waals surface area contributed by atoms with Crippen LogP contribution >= 0.6 is 0 Å². The molecule has 3 aliphatic carbocycles. The van der Waals surface area contributed by atoms with Gasteiger partial charge in [0.2, 0.25) is 0 Å². The van der Waals surface area contributed by atoms with Gasteiger partial charge in [-0.2, -0.15) is 0 Å². The summed E-state index contributed by atoms with van der Waals surface area (Å²) in [5.74, 6) is 1.67. The van der Waals surface area contributed by atoms with Gasteiger partial charge in [0, 0.05) is 26.0 Å². The molecule has 46 heavy (non-hydrogen) atoms. The van der Waals surface area contributed by atoms with Crippen LogP contribution in [0, 0.1) is 23.2 Å². The highest BCUT2D eigenvalue weighted by Gasteiger charge is 2.51. The second-order valence-electron chi connectivity index (χ2n) is 17.0. The molecule has 3 fully saturated rings. The van der Waals surface area contributed by atoms with Crippen molar-refractivity contribution in [1.29, 1.82) is 0 Å². The van der Waals surface area contributed by atoms with Crippen LogP contribution in [0.25, 0.3) is 0 Å². The highest BCUT2D eigenvalue weighted by molar-refractivity contribution is 7.98. The van der Waals surface area contributed by atoms with Crippen LogP contribution in [0.3, 0.4) is 0 Å². The Morgan fingerprint density at radius 3 is 2.43 bits per heavy atom. The van der Waals surface area contributed by atoms with E-state index in [4.69, 9.17) is 23.4 Å². The molecule has 9 heteroatoms. The molecule has 0 unspecified atom stereocenters. The maximum Gasteiger partial charge on any atom is 0.200 e.